The maximum atomic E-state index is 13.3. The van der Waals surface area contributed by atoms with Gasteiger partial charge in [-0.15, -0.1) is 0 Å². The molecule has 0 bridgehead atoms. The fourth-order valence-corrected chi connectivity index (χ4v) is 4.77. The number of nitrogens with zero attached hydrogens (tertiary/aromatic N) is 3. The van der Waals surface area contributed by atoms with Crippen molar-refractivity contribution in [3.8, 4) is 22.6 Å². The molecule has 1 saturated heterocycles. The van der Waals surface area contributed by atoms with Gasteiger partial charge in [0.1, 0.15) is 11.3 Å². The van der Waals surface area contributed by atoms with Crippen molar-refractivity contribution < 1.29 is 9.47 Å². The minimum atomic E-state index is -0.199. The van der Waals surface area contributed by atoms with Crippen LogP contribution in [0, 0.1) is 13.8 Å². The Bertz CT molecular complexity index is 1710. The number of nitrogens with one attached hydrogen (secondary N) is 1. The standard InChI is InChI=1S/C29H31N5O4/c1-16-7-6-8-17(2)28(16)38-25-13-34(19-14-37-15-19)26(35)10-20(25)23-12-33(5)29(36)27-21(23)9-24(32-27)22(11-31-4)18(3)30/h6-13,19,32H,14-15,30H2,1-5H3/b22-18+,31-11?. The highest BCUT2D eigenvalue weighted by molar-refractivity contribution is 6.12. The molecule has 0 spiro atoms. The number of aromatic amines is 1. The van der Waals surface area contributed by atoms with Crippen LogP contribution in [0.4, 0.5) is 0 Å². The van der Waals surface area contributed by atoms with E-state index in [0.29, 0.717) is 58.0 Å². The number of fused-ring (bicyclic) bond motifs is 1. The summed E-state index contributed by atoms with van der Waals surface area (Å²) in [7, 11) is 3.35. The summed E-state index contributed by atoms with van der Waals surface area (Å²) in [6, 6.07) is 9.34. The average Bonchev–Trinajstić information content (AvgIpc) is 3.28. The van der Waals surface area contributed by atoms with Crippen molar-refractivity contribution in [1.82, 2.24) is 14.1 Å². The summed E-state index contributed by atoms with van der Waals surface area (Å²) in [5, 5.41) is 0.654. The lowest BCUT2D eigenvalue weighted by Gasteiger charge is -2.29. The van der Waals surface area contributed by atoms with E-state index in [0.717, 1.165) is 16.9 Å². The maximum absolute atomic E-state index is 13.3. The van der Waals surface area contributed by atoms with Gasteiger partial charge in [-0.25, -0.2) is 0 Å². The summed E-state index contributed by atoms with van der Waals surface area (Å²) in [6.45, 7) is 6.69. The molecule has 1 aliphatic rings. The number of benzene rings is 1. The molecule has 4 aromatic rings. The van der Waals surface area contributed by atoms with Crippen LogP contribution in [0.15, 0.2) is 63.0 Å². The molecule has 1 aromatic carbocycles. The molecule has 0 saturated carbocycles. The molecular formula is C29H31N5O4. The molecule has 0 unspecified atom stereocenters. The summed E-state index contributed by atoms with van der Waals surface area (Å²) in [6.07, 6.45) is 5.14. The van der Waals surface area contributed by atoms with Gasteiger partial charge in [0.2, 0.25) is 0 Å². The first kappa shape index (κ1) is 25.3. The van der Waals surface area contributed by atoms with Gasteiger partial charge in [0.15, 0.2) is 5.75 Å². The van der Waals surface area contributed by atoms with E-state index in [-0.39, 0.29) is 17.2 Å². The topological polar surface area (TPSA) is 117 Å². The number of hydrogen-bond donors (Lipinski definition) is 2. The summed E-state index contributed by atoms with van der Waals surface area (Å²) in [4.78, 5) is 33.8. The zero-order chi connectivity index (χ0) is 27.1. The Kier molecular flexibility index (Phi) is 6.54. The van der Waals surface area contributed by atoms with E-state index < -0.39 is 0 Å². The highest BCUT2D eigenvalue weighted by Crippen LogP contribution is 2.38. The minimum Gasteiger partial charge on any atom is -0.455 e. The molecule has 9 heteroatoms. The van der Waals surface area contributed by atoms with Crippen LogP contribution in [0.25, 0.3) is 27.6 Å². The predicted molar refractivity (Wildman–Crippen MR) is 150 cm³/mol. The largest absolute Gasteiger partial charge is 0.455 e. The van der Waals surface area contributed by atoms with Crippen LogP contribution >= 0.6 is 0 Å². The third-order valence-corrected chi connectivity index (χ3v) is 6.91. The summed E-state index contributed by atoms with van der Waals surface area (Å²) in [5.74, 6) is 1.24. The van der Waals surface area contributed by atoms with Gasteiger partial charge >= 0.3 is 0 Å². The molecule has 4 heterocycles. The van der Waals surface area contributed by atoms with Gasteiger partial charge in [-0.1, -0.05) is 18.2 Å². The van der Waals surface area contributed by atoms with E-state index in [9.17, 15) is 9.59 Å². The number of ether oxygens (including phenoxy) is 2. The Morgan fingerprint density at radius 3 is 2.47 bits per heavy atom. The van der Waals surface area contributed by atoms with Gasteiger partial charge in [-0.3, -0.25) is 14.6 Å². The fourth-order valence-electron chi connectivity index (χ4n) is 4.77. The second kappa shape index (κ2) is 9.83. The van der Waals surface area contributed by atoms with Crippen LogP contribution in [-0.4, -0.2) is 40.6 Å². The van der Waals surface area contributed by atoms with E-state index in [1.54, 1.807) is 50.3 Å². The van der Waals surface area contributed by atoms with E-state index >= 15 is 0 Å². The van der Waals surface area contributed by atoms with Crippen molar-refractivity contribution >= 4 is 22.7 Å². The Labute approximate surface area is 219 Å². The van der Waals surface area contributed by atoms with E-state index in [4.69, 9.17) is 15.2 Å². The van der Waals surface area contributed by atoms with Crippen molar-refractivity contribution in [1.29, 1.82) is 0 Å². The van der Waals surface area contributed by atoms with Gasteiger partial charge in [0, 0.05) is 66.1 Å². The van der Waals surface area contributed by atoms with Crippen molar-refractivity contribution in [2.45, 2.75) is 26.8 Å². The van der Waals surface area contributed by atoms with E-state index in [1.165, 1.54) is 4.57 Å². The quantitative estimate of drug-likeness (QED) is 0.377. The second-order valence-corrected chi connectivity index (χ2v) is 9.73. The number of para-hydroxylation sites is 1. The normalized spacial score (nSPS) is 14.7. The molecule has 3 N–H and O–H groups in total. The van der Waals surface area contributed by atoms with Crippen LogP contribution < -0.4 is 21.6 Å². The number of rotatable bonds is 6. The number of aryl methyl sites for hydroxylation is 3. The van der Waals surface area contributed by atoms with Gasteiger partial charge in [0.05, 0.1) is 25.5 Å². The zero-order valence-corrected chi connectivity index (χ0v) is 22.2. The Morgan fingerprint density at radius 2 is 1.87 bits per heavy atom. The summed E-state index contributed by atoms with van der Waals surface area (Å²) in [5.41, 5.74) is 11.3. The van der Waals surface area contributed by atoms with Crippen molar-refractivity contribution in [3.05, 3.63) is 86.0 Å². The number of aliphatic imine (C=N–C) groups is 1. The highest BCUT2D eigenvalue weighted by Gasteiger charge is 2.25. The Hall–Kier alpha value is -4.37. The average molecular weight is 514 g/mol. The smallest absolute Gasteiger partial charge is 0.274 e. The number of H-pyrrole nitrogens is 1. The highest BCUT2D eigenvalue weighted by atomic mass is 16.5. The van der Waals surface area contributed by atoms with Crippen LogP contribution in [-0.2, 0) is 11.8 Å². The molecule has 0 radical (unpaired) electrons. The lowest BCUT2D eigenvalue weighted by molar-refractivity contribution is -0.0249. The first-order chi connectivity index (χ1) is 18.2. The summed E-state index contributed by atoms with van der Waals surface area (Å²) >= 11 is 0. The molecule has 38 heavy (non-hydrogen) atoms. The Morgan fingerprint density at radius 1 is 1.16 bits per heavy atom. The third kappa shape index (κ3) is 4.35. The molecule has 0 aliphatic carbocycles. The maximum Gasteiger partial charge on any atom is 0.274 e. The molecular weight excluding hydrogens is 482 g/mol. The van der Waals surface area contributed by atoms with Gasteiger partial charge < -0.3 is 29.3 Å². The van der Waals surface area contributed by atoms with E-state index in [1.807, 2.05) is 38.1 Å². The van der Waals surface area contributed by atoms with Crippen LogP contribution in [0.5, 0.6) is 11.5 Å². The van der Waals surface area contributed by atoms with Crippen molar-refractivity contribution in [2.75, 3.05) is 20.3 Å². The van der Waals surface area contributed by atoms with Crippen LogP contribution in [0.3, 0.4) is 0 Å². The molecule has 1 aliphatic heterocycles. The number of hydrogen-bond acceptors (Lipinski definition) is 6. The lowest BCUT2D eigenvalue weighted by Crippen LogP contribution is -2.37. The Balaban J connectivity index is 1.79. The minimum absolute atomic E-state index is 0.0515. The number of nitrogens with two attached hydrogens (primary N) is 1. The van der Waals surface area contributed by atoms with Gasteiger partial charge in [-0.05, 0) is 38.0 Å². The third-order valence-electron chi connectivity index (χ3n) is 6.91. The zero-order valence-electron chi connectivity index (χ0n) is 22.2. The molecule has 0 atom stereocenters. The SMILES string of the molecule is CN=C/C(=C(/C)N)c1cc2c(-c3cc(=O)n(C4COC4)cc3Oc3c(C)cccc3C)cn(C)c(=O)c2[nH]1. The predicted octanol–water partition coefficient (Wildman–Crippen LogP) is 4.07. The first-order valence-corrected chi connectivity index (χ1v) is 12.4. The van der Waals surface area contributed by atoms with E-state index in [2.05, 4.69) is 9.98 Å². The monoisotopic (exact) mass is 513 g/mol. The van der Waals surface area contributed by atoms with Gasteiger partial charge in [0.25, 0.3) is 11.1 Å². The molecule has 196 valence electrons. The molecule has 5 rings (SSSR count). The first-order valence-electron chi connectivity index (χ1n) is 12.4. The number of aromatic nitrogens is 3. The van der Waals surface area contributed by atoms with Gasteiger partial charge in [-0.2, -0.15) is 0 Å². The van der Waals surface area contributed by atoms with Crippen LogP contribution in [0.2, 0.25) is 0 Å². The molecule has 1 fully saturated rings. The van der Waals surface area contributed by atoms with Crippen molar-refractivity contribution in [3.63, 3.8) is 0 Å². The lowest BCUT2D eigenvalue weighted by atomic mass is 10.0. The summed E-state index contributed by atoms with van der Waals surface area (Å²) < 4.78 is 15.0. The molecule has 9 nitrogen and oxygen atoms in total. The fraction of sp³-hybridized carbons (Fsp3) is 0.276. The number of pyridine rings is 2. The molecule has 0 amide bonds. The van der Waals surface area contributed by atoms with Crippen LogP contribution in [0.1, 0.15) is 29.8 Å². The molecule has 3 aromatic heterocycles. The van der Waals surface area contributed by atoms with Crippen molar-refractivity contribution in [2.24, 2.45) is 17.8 Å². The second-order valence-electron chi connectivity index (χ2n) is 9.73. The number of allylic oxidation sites excluding steroid dienone is 2.